The van der Waals surface area contributed by atoms with Crippen LogP contribution in [-0.2, 0) is 11.3 Å². The number of fused-ring (bicyclic) bond motifs is 1. The highest BCUT2D eigenvalue weighted by molar-refractivity contribution is 5.15. The van der Waals surface area contributed by atoms with E-state index in [-0.39, 0.29) is 5.60 Å². The molecule has 0 saturated carbocycles. The summed E-state index contributed by atoms with van der Waals surface area (Å²) in [5.41, 5.74) is 1.36. The minimum atomic E-state index is -0.0485. The van der Waals surface area contributed by atoms with Gasteiger partial charge in [0.25, 0.3) is 0 Å². The molecular weight excluding hydrogens is 272 g/mol. The van der Waals surface area contributed by atoms with Crippen LogP contribution in [0.2, 0.25) is 0 Å². The Bertz CT molecular complexity index is 474. The van der Waals surface area contributed by atoms with Crippen LogP contribution in [0.15, 0.2) is 30.3 Å². The SMILES string of the molecule is COC(C)(C)CC1CC2CCCNC2N1Cc1ccccc1. The number of nitrogens with zero attached hydrogens (tertiary/aromatic N) is 1. The van der Waals surface area contributed by atoms with Gasteiger partial charge in [0.1, 0.15) is 0 Å². The maximum absolute atomic E-state index is 5.70. The third-order valence-corrected chi connectivity index (χ3v) is 5.44. The van der Waals surface area contributed by atoms with Crippen LogP contribution in [0, 0.1) is 5.92 Å². The number of piperidine rings is 1. The number of nitrogens with one attached hydrogen (secondary N) is 1. The maximum Gasteiger partial charge on any atom is 0.0637 e. The average Bonchev–Trinajstić information content (AvgIpc) is 2.85. The molecule has 2 fully saturated rings. The molecule has 0 spiro atoms. The zero-order valence-electron chi connectivity index (χ0n) is 14.2. The normalized spacial score (nSPS) is 29.5. The van der Waals surface area contributed by atoms with Gasteiger partial charge in [0.05, 0.1) is 11.8 Å². The van der Waals surface area contributed by atoms with Crippen molar-refractivity contribution in [2.45, 2.75) is 63.9 Å². The van der Waals surface area contributed by atoms with E-state index in [1.54, 1.807) is 0 Å². The lowest BCUT2D eigenvalue weighted by Crippen LogP contribution is -2.50. The molecule has 122 valence electrons. The molecule has 2 aliphatic heterocycles. The Kier molecular flexibility index (Phi) is 4.86. The van der Waals surface area contributed by atoms with Gasteiger partial charge in [0.2, 0.25) is 0 Å². The Balaban J connectivity index is 1.77. The Hall–Kier alpha value is -0.900. The van der Waals surface area contributed by atoms with E-state index in [0.717, 1.165) is 25.4 Å². The first kappa shape index (κ1) is 16.0. The molecule has 1 aromatic rings. The molecular formula is C19H30N2O. The minimum absolute atomic E-state index is 0.0485. The molecule has 0 aromatic heterocycles. The van der Waals surface area contributed by atoms with Gasteiger partial charge in [-0.15, -0.1) is 0 Å². The fraction of sp³-hybridized carbons (Fsp3) is 0.684. The molecule has 0 aliphatic carbocycles. The standard InChI is InChI=1S/C19H30N2O/c1-19(2,22-3)13-17-12-16-10-7-11-20-18(16)21(17)14-15-8-5-4-6-9-15/h4-6,8-9,16-18,20H,7,10-14H2,1-3H3. The van der Waals surface area contributed by atoms with Crippen LogP contribution in [0.25, 0.3) is 0 Å². The highest BCUT2D eigenvalue weighted by Gasteiger charge is 2.43. The van der Waals surface area contributed by atoms with E-state index in [1.807, 2.05) is 7.11 Å². The van der Waals surface area contributed by atoms with Gasteiger partial charge in [0.15, 0.2) is 0 Å². The van der Waals surface area contributed by atoms with Gasteiger partial charge in [-0.3, -0.25) is 4.90 Å². The molecule has 1 N–H and O–H groups in total. The van der Waals surface area contributed by atoms with E-state index in [0.29, 0.717) is 12.2 Å². The quantitative estimate of drug-likeness (QED) is 0.902. The van der Waals surface area contributed by atoms with E-state index in [2.05, 4.69) is 54.4 Å². The lowest BCUT2D eigenvalue weighted by molar-refractivity contribution is -0.00952. The Morgan fingerprint density at radius 2 is 2.05 bits per heavy atom. The van der Waals surface area contributed by atoms with Crippen molar-refractivity contribution >= 4 is 0 Å². The number of likely N-dealkylation sites (tertiary alicyclic amines) is 1. The summed E-state index contributed by atoms with van der Waals surface area (Å²) in [5.74, 6) is 0.801. The zero-order valence-corrected chi connectivity index (χ0v) is 14.2. The van der Waals surface area contributed by atoms with Crippen molar-refractivity contribution in [1.82, 2.24) is 10.2 Å². The Labute approximate surface area is 135 Å². The first-order valence-electron chi connectivity index (χ1n) is 8.67. The topological polar surface area (TPSA) is 24.5 Å². The summed E-state index contributed by atoms with van der Waals surface area (Å²) in [6.07, 6.45) is 5.64. The molecule has 3 nitrogen and oxygen atoms in total. The number of ether oxygens (including phenoxy) is 1. The molecule has 3 atom stereocenters. The summed E-state index contributed by atoms with van der Waals surface area (Å²) in [5, 5.41) is 3.77. The third kappa shape index (κ3) is 3.53. The van der Waals surface area contributed by atoms with Gasteiger partial charge in [-0.25, -0.2) is 0 Å². The molecule has 2 heterocycles. The number of methoxy groups -OCH3 is 1. The van der Waals surface area contributed by atoms with E-state index >= 15 is 0 Å². The molecule has 3 unspecified atom stereocenters. The van der Waals surface area contributed by atoms with Crippen molar-refractivity contribution < 1.29 is 4.74 Å². The largest absolute Gasteiger partial charge is 0.379 e. The van der Waals surface area contributed by atoms with Crippen molar-refractivity contribution in [2.75, 3.05) is 13.7 Å². The first-order valence-corrected chi connectivity index (χ1v) is 8.67. The minimum Gasteiger partial charge on any atom is -0.379 e. The number of hydrogen-bond acceptors (Lipinski definition) is 3. The lowest BCUT2D eigenvalue weighted by Gasteiger charge is -2.37. The van der Waals surface area contributed by atoms with Crippen molar-refractivity contribution in [3.8, 4) is 0 Å². The van der Waals surface area contributed by atoms with Crippen LogP contribution in [0.4, 0.5) is 0 Å². The third-order valence-electron chi connectivity index (χ3n) is 5.44. The average molecular weight is 302 g/mol. The van der Waals surface area contributed by atoms with Crippen LogP contribution in [0.5, 0.6) is 0 Å². The predicted octanol–water partition coefficient (Wildman–Crippen LogP) is 3.40. The monoisotopic (exact) mass is 302 g/mol. The number of benzene rings is 1. The summed E-state index contributed by atoms with van der Waals surface area (Å²) in [4.78, 5) is 2.69. The molecule has 0 bridgehead atoms. The van der Waals surface area contributed by atoms with Crippen LogP contribution >= 0.6 is 0 Å². The van der Waals surface area contributed by atoms with Gasteiger partial charge < -0.3 is 10.1 Å². The number of hydrogen-bond donors (Lipinski definition) is 1. The molecule has 0 radical (unpaired) electrons. The van der Waals surface area contributed by atoms with Gasteiger partial charge in [0, 0.05) is 19.7 Å². The maximum atomic E-state index is 5.70. The second-order valence-corrected chi connectivity index (χ2v) is 7.52. The fourth-order valence-corrected chi connectivity index (χ4v) is 4.16. The van der Waals surface area contributed by atoms with Crippen LogP contribution in [-0.4, -0.2) is 36.4 Å². The van der Waals surface area contributed by atoms with Crippen LogP contribution in [0.3, 0.4) is 0 Å². The molecule has 1 aromatic carbocycles. The second kappa shape index (κ2) is 6.69. The van der Waals surface area contributed by atoms with Crippen LogP contribution in [0.1, 0.15) is 45.1 Å². The molecule has 3 rings (SSSR count). The van der Waals surface area contributed by atoms with E-state index in [9.17, 15) is 0 Å². The number of rotatable bonds is 5. The lowest BCUT2D eigenvalue weighted by atomic mass is 9.91. The smallest absolute Gasteiger partial charge is 0.0637 e. The van der Waals surface area contributed by atoms with Crippen LogP contribution < -0.4 is 5.32 Å². The summed E-state index contributed by atoms with van der Waals surface area (Å²) in [6, 6.07) is 11.5. The zero-order chi connectivity index (χ0) is 15.6. The molecule has 0 amide bonds. The molecule has 2 aliphatic rings. The van der Waals surface area contributed by atoms with Crippen molar-refractivity contribution in [1.29, 1.82) is 0 Å². The van der Waals surface area contributed by atoms with Gasteiger partial charge in [-0.05, 0) is 57.6 Å². The first-order chi connectivity index (χ1) is 10.6. The van der Waals surface area contributed by atoms with E-state index < -0.39 is 0 Å². The van der Waals surface area contributed by atoms with Crippen molar-refractivity contribution in [3.63, 3.8) is 0 Å². The van der Waals surface area contributed by atoms with Crippen molar-refractivity contribution in [2.24, 2.45) is 5.92 Å². The molecule has 2 saturated heterocycles. The Morgan fingerprint density at radius 3 is 2.77 bits per heavy atom. The second-order valence-electron chi connectivity index (χ2n) is 7.52. The van der Waals surface area contributed by atoms with E-state index in [4.69, 9.17) is 4.74 Å². The van der Waals surface area contributed by atoms with E-state index in [1.165, 1.54) is 24.8 Å². The molecule has 3 heteroatoms. The van der Waals surface area contributed by atoms with Gasteiger partial charge >= 0.3 is 0 Å². The molecule has 22 heavy (non-hydrogen) atoms. The summed E-state index contributed by atoms with van der Waals surface area (Å²) in [6.45, 7) is 6.62. The van der Waals surface area contributed by atoms with Gasteiger partial charge in [-0.1, -0.05) is 30.3 Å². The Morgan fingerprint density at radius 1 is 1.27 bits per heavy atom. The summed E-state index contributed by atoms with van der Waals surface area (Å²) in [7, 11) is 1.84. The highest BCUT2D eigenvalue weighted by Crippen LogP contribution is 2.38. The summed E-state index contributed by atoms with van der Waals surface area (Å²) >= 11 is 0. The fourth-order valence-electron chi connectivity index (χ4n) is 4.16. The summed E-state index contributed by atoms with van der Waals surface area (Å²) < 4.78 is 5.70. The highest BCUT2D eigenvalue weighted by atomic mass is 16.5. The van der Waals surface area contributed by atoms with Crippen molar-refractivity contribution in [3.05, 3.63) is 35.9 Å². The van der Waals surface area contributed by atoms with Gasteiger partial charge in [-0.2, -0.15) is 0 Å². The predicted molar refractivity (Wildman–Crippen MR) is 90.6 cm³/mol.